The van der Waals surface area contributed by atoms with E-state index < -0.39 is 0 Å². The Kier molecular flexibility index (Phi) is 7.38. The normalized spacial score (nSPS) is 11.2. The molecule has 0 saturated heterocycles. The fourth-order valence-electron chi connectivity index (χ4n) is 4.10. The Morgan fingerprint density at radius 3 is 2.24 bits per heavy atom. The third-order valence-corrected chi connectivity index (χ3v) is 6.39. The molecule has 192 valence electrons. The molecule has 1 aromatic heterocycles. The lowest BCUT2D eigenvalue weighted by Gasteiger charge is -2.26. The van der Waals surface area contributed by atoms with Crippen LogP contribution in [0.4, 0.5) is 5.69 Å². The molecule has 37 heavy (non-hydrogen) atoms. The van der Waals surface area contributed by atoms with Crippen molar-refractivity contribution in [2.75, 3.05) is 33.2 Å². The van der Waals surface area contributed by atoms with Crippen LogP contribution in [0.1, 0.15) is 40.1 Å². The highest BCUT2D eigenvalue weighted by molar-refractivity contribution is 6.07. The van der Waals surface area contributed by atoms with Crippen molar-refractivity contribution >= 4 is 28.4 Å². The van der Waals surface area contributed by atoms with Crippen LogP contribution in [-0.2, 0) is 5.41 Å². The molecule has 0 fully saturated rings. The van der Waals surface area contributed by atoms with Crippen LogP contribution in [0.15, 0.2) is 66.9 Å². The summed E-state index contributed by atoms with van der Waals surface area (Å²) in [6, 6.07) is 18.2. The molecule has 0 aliphatic heterocycles. The smallest absolute Gasteiger partial charge is 0.255 e. The fraction of sp³-hybridized carbons (Fsp3) is 0.241. The number of carbonyl (C=O) groups excluding carboxylic acids is 2. The van der Waals surface area contributed by atoms with Gasteiger partial charge in [0.25, 0.3) is 11.8 Å². The molecule has 0 saturated carbocycles. The van der Waals surface area contributed by atoms with E-state index in [2.05, 4.69) is 29.5 Å². The molecular weight excluding hydrogens is 470 g/mol. The maximum Gasteiger partial charge on any atom is 0.255 e. The first kappa shape index (κ1) is 25.6. The SMILES string of the molecule is COc1ccc2[nH]cc(C(=O)NCC(C)(C)c3ccc(NC(=O)c4ccc(OC)c(OC)c4)cc3)c2c1. The number of aromatic amines is 1. The topological polar surface area (TPSA) is 102 Å². The predicted molar refractivity (Wildman–Crippen MR) is 144 cm³/mol. The second-order valence-corrected chi connectivity index (χ2v) is 9.28. The van der Waals surface area contributed by atoms with Crippen LogP contribution in [0.25, 0.3) is 10.9 Å². The first-order valence-electron chi connectivity index (χ1n) is 11.8. The van der Waals surface area contributed by atoms with Crippen molar-refractivity contribution < 1.29 is 23.8 Å². The molecule has 0 radical (unpaired) electrons. The van der Waals surface area contributed by atoms with E-state index in [0.29, 0.717) is 40.6 Å². The van der Waals surface area contributed by atoms with E-state index in [9.17, 15) is 9.59 Å². The largest absolute Gasteiger partial charge is 0.497 e. The van der Waals surface area contributed by atoms with Gasteiger partial charge in [0.05, 0.1) is 26.9 Å². The van der Waals surface area contributed by atoms with Crippen LogP contribution in [0, 0.1) is 0 Å². The summed E-state index contributed by atoms with van der Waals surface area (Å²) in [6.45, 7) is 4.55. The molecular formula is C29H31N3O5. The summed E-state index contributed by atoms with van der Waals surface area (Å²) in [4.78, 5) is 28.8. The molecule has 4 aromatic rings. The first-order chi connectivity index (χ1) is 17.7. The van der Waals surface area contributed by atoms with Gasteiger partial charge in [0.15, 0.2) is 11.5 Å². The number of nitrogens with one attached hydrogen (secondary N) is 3. The van der Waals surface area contributed by atoms with E-state index in [1.807, 2.05) is 42.5 Å². The second kappa shape index (κ2) is 10.7. The van der Waals surface area contributed by atoms with Crippen LogP contribution < -0.4 is 24.8 Å². The molecule has 1 heterocycles. The van der Waals surface area contributed by atoms with Crippen molar-refractivity contribution in [1.82, 2.24) is 10.3 Å². The van der Waals surface area contributed by atoms with Crippen molar-refractivity contribution in [3.05, 3.63) is 83.6 Å². The number of anilines is 1. The summed E-state index contributed by atoms with van der Waals surface area (Å²) >= 11 is 0. The third-order valence-electron chi connectivity index (χ3n) is 6.39. The number of hydrogen-bond donors (Lipinski definition) is 3. The number of ether oxygens (including phenoxy) is 3. The number of rotatable bonds is 9. The number of H-pyrrole nitrogens is 1. The van der Waals surface area contributed by atoms with Crippen LogP contribution in [0.3, 0.4) is 0 Å². The monoisotopic (exact) mass is 501 g/mol. The van der Waals surface area contributed by atoms with E-state index in [-0.39, 0.29) is 17.2 Å². The molecule has 0 bridgehead atoms. The van der Waals surface area contributed by atoms with Crippen molar-refractivity contribution in [2.24, 2.45) is 0 Å². The lowest BCUT2D eigenvalue weighted by atomic mass is 9.84. The van der Waals surface area contributed by atoms with Gasteiger partial charge in [0.2, 0.25) is 0 Å². The minimum atomic E-state index is -0.342. The second-order valence-electron chi connectivity index (χ2n) is 9.28. The number of aromatic nitrogens is 1. The summed E-state index contributed by atoms with van der Waals surface area (Å²) in [7, 11) is 4.68. The highest BCUT2D eigenvalue weighted by Gasteiger charge is 2.23. The van der Waals surface area contributed by atoms with E-state index >= 15 is 0 Å². The minimum absolute atomic E-state index is 0.161. The first-order valence-corrected chi connectivity index (χ1v) is 11.8. The van der Waals surface area contributed by atoms with Gasteiger partial charge in [-0.15, -0.1) is 0 Å². The molecule has 3 aromatic carbocycles. The molecule has 0 aliphatic rings. The van der Waals surface area contributed by atoms with Gasteiger partial charge in [-0.3, -0.25) is 9.59 Å². The number of methoxy groups -OCH3 is 3. The predicted octanol–water partition coefficient (Wildman–Crippen LogP) is 5.15. The highest BCUT2D eigenvalue weighted by Crippen LogP contribution is 2.29. The van der Waals surface area contributed by atoms with Gasteiger partial charge in [-0.05, 0) is 54.1 Å². The Morgan fingerprint density at radius 1 is 0.838 bits per heavy atom. The summed E-state index contributed by atoms with van der Waals surface area (Å²) in [5, 5.41) is 6.76. The van der Waals surface area contributed by atoms with Gasteiger partial charge in [0.1, 0.15) is 5.75 Å². The Morgan fingerprint density at radius 2 is 1.57 bits per heavy atom. The highest BCUT2D eigenvalue weighted by atomic mass is 16.5. The number of hydrogen-bond acceptors (Lipinski definition) is 5. The van der Waals surface area contributed by atoms with Gasteiger partial charge < -0.3 is 29.8 Å². The average Bonchev–Trinajstić information content (AvgIpc) is 3.35. The molecule has 4 rings (SSSR count). The molecule has 8 nitrogen and oxygen atoms in total. The van der Waals surface area contributed by atoms with Crippen molar-refractivity contribution in [3.8, 4) is 17.2 Å². The van der Waals surface area contributed by atoms with Crippen LogP contribution in [-0.4, -0.2) is 44.7 Å². The van der Waals surface area contributed by atoms with Gasteiger partial charge in [-0.1, -0.05) is 26.0 Å². The van der Waals surface area contributed by atoms with Crippen molar-refractivity contribution in [2.45, 2.75) is 19.3 Å². The fourth-order valence-corrected chi connectivity index (χ4v) is 4.10. The molecule has 0 aliphatic carbocycles. The van der Waals surface area contributed by atoms with E-state index in [1.165, 1.54) is 7.11 Å². The number of benzene rings is 3. The minimum Gasteiger partial charge on any atom is -0.497 e. The molecule has 0 atom stereocenters. The number of fused-ring (bicyclic) bond motifs is 1. The average molecular weight is 502 g/mol. The van der Waals surface area contributed by atoms with E-state index in [4.69, 9.17) is 14.2 Å². The Hall–Kier alpha value is -4.46. The van der Waals surface area contributed by atoms with Crippen LogP contribution in [0.5, 0.6) is 17.2 Å². The summed E-state index contributed by atoms with van der Waals surface area (Å²) in [6.07, 6.45) is 1.71. The van der Waals surface area contributed by atoms with Gasteiger partial charge in [0, 0.05) is 40.3 Å². The van der Waals surface area contributed by atoms with Gasteiger partial charge >= 0.3 is 0 Å². The molecule has 0 unspecified atom stereocenters. The molecule has 0 spiro atoms. The number of amides is 2. The van der Waals surface area contributed by atoms with Crippen LogP contribution >= 0.6 is 0 Å². The quantitative estimate of drug-likeness (QED) is 0.294. The summed E-state index contributed by atoms with van der Waals surface area (Å²) < 4.78 is 15.8. The van der Waals surface area contributed by atoms with Crippen molar-refractivity contribution in [1.29, 1.82) is 0 Å². The van der Waals surface area contributed by atoms with E-state index in [0.717, 1.165) is 16.5 Å². The summed E-state index contributed by atoms with van der Waals surface area (Å²) in [5.74, 6) is 1.32. The zero-order chi connectivity index (χ0) is 26.6. The Balaban J connectivity index is 1.41. The lowest BCUT2D eigenvalue weighted by Crippen LogP contribution is -2.36. The lowest BCUT2D eigenvalue weighted by molar-refractivity contribution is 0.0946. The molecule has 8 heteroatoms. The van der Waals surface area contributed by atoms with Crippen molar-refractivity contribution in [3.63, 3.8) is 0 Å². The standard InChI is InChI=1S/C29H31N3O5/c1-29(2,17-31-28(34)23-16-30-24-12-11-21(35-3)15-22(23)24)19-7-9-20(10-8-19)32-27(33)18-6-13-25(36-4)26(14-18)37-5/h6-16,30H,17H2,1-5H3,(H,31,34)(H,32,33). The van der Waals surface area contributed by atoms with Crippen LogP contribution in [0.2, 0.25) is 0 Å². The maximum atomic E-state index is 13.0. The Bertz CT molecular complexity index is 1420. The zero-order valence-corrected chi connectivity index (χ0v) is 21.6. The van der Waals surface area contributed by atoms with Gasteiger partial charge in [-0.2, -0.15) is 0 Å². The Labute approximate surface area is 215 Å². The maximum absolute atomic E-state index is 13.0. The van der Waals surface area contributed by atoms with Gasteiger partial charge in [-0.25, -0.2) is 0 Å². The van der Waals surface area contributed by atoms with E-state index in [1.54, 1.807) is 38.6 Å². The summed E-state index contributed by atoms with van der Waals surface area (Å²) in [5.41, 5.74) is 3.24. The third kappa shape index (κ3) is 5.53. The number of carbonyl (C=O) groups is 2. The zero-order valence-electron chi connectivity index (χ0n) is 21.6. The molecule has 2 amide bonds. The molecule has 3 N–H and O–H groups in total.